The number of alkyl carbamates (subject to hydrolysis) is 1. The summed E-state index contributed by atoms with van der Waals surface area (Å²) in [4.78, 5) is 114. The lowest BCUT2D eigenvalue weighted by molar-refractivity contribution is -0.301. The number of aliphatic hydroxyl groups is 9. The first kappa shape index (κ1) is 95.9. The molecule has 14 unspecified atom stereocenters. The molecule has 3 saturated carbocycles. The first-order valence-corrected chi connectivity index (χ1v) is 46.2. The van der Waals surface area contributed by atoms with Crippen molar-refractivity contribution in [3.8, 4) is 0 Å². The number of β-amino-alcohol motifs (C(OH)–C–C–N with tert-alkyl or cyclic N) is 1. The summed E-state index contributed by atoms with van der Waals surface area (Å²) >= 11 is 4.68. The van der Waals surface area contributed by atoms with Crippen molar-refractivity contribution < 1.29 is 131 Å². The molecule has 656 valence electrons. The van der Waals surface area contributed by atoms with Gasteiger partial charge in [0.05, 0.1) is 50.7 Å². The van der Waals surface area contributed by atoms with E-state index in [9.17, 15) is 94.0 Å². The third kappa shape index (κ3) is 28.0. The van der Waals surface area contributed by atoms with Crippen molar-refractivity contribution in [3.63, 3.8) is 0 Å². The molecule has 0 aromatic carbocycles. The van der Waals surface area contributed by atoms with Gasteiger partial charge in [0.2, 0.25) is 29.5 Å². The number of amides is 6. The summed E-state index contributed by atoms with van der Waals surface area (Å²) in [6, 6.07) is -2.58. The zero-order valence-corrected chi connectivity index (χ0v) is 70.1. The van der Waals surface area contributed by atoms with Crippen LogP contribution in [0.1, 0.15) is 227 Å². The van der Waals surface area contributed by atoms with Crippen LogP contribution in [0.4, 0.5) is 4.79 Å². The van der Waals surface area contributed by atoms with Gasteiger partial charge in [-0.25, -0.2) is 9.36 Å². The van der Waals surface area contributed by atoms with E-state index in [-0.39, 0.29) is 127 Å². The van der Waals surface area contributed by atoms with E-state index in [1.807, 2.05) is 0 Å². The van der Waals surface area contributed by atoms with Gasteiger partial charge in [-0.3, -0.25) is 33.0 Å². The number of rotatable bonds is 47. The number of phosphoric acid groups is 1. The van der Waals surface area contributed by atoms with Gasteiger partial charge in [0, 0.05) is 78.0 Å². The van der Waals surface area contributed by atoms with Crippen molar-refractivity contribution in [3.05, 3.63) is 11.6 Å². The number of hydrogen-bond donors (Lipinski definition) is 16. The summed E-state index contributed by atoms with van der Waals surface area (Å²) in [5, 5.41) is 102. The highest BCUT2D eigenvalue weighted by Crippen LogP contribution is 2.67. The Kier molecular flexibility index (Phi) is 38.7. The lowest BCUT2D eigenvalue weighted by Crippen LogP contribution is -2.59. The topological polar surface area (TPSA) is 491 Å². The molecule has 4 aliphatic carbocycles. The van der Waals surface area contributed by atoms with E-state index in [2.05, 4.69) is 73.8 Å². The smallest absolute Gasteiger partial charge is 0.446 e. The fourth-order valence-electron chi connectivity index (χ4n) is 19.2. The molecule has 6 amide bonds. The van der Waals surface area contributed by atoms with E-state index in [0.29, 0.717) is 94.4 Å². The van der Waals surface area contributed by atoms with Gasteiger partial charge >= 0.3 is 20.6 Å². The Balaban J connectivity index is 0.711. The van der Waals surface area contributed by atoms with Gasteiger partial charge in [-0.1, -0.05) is 78.4 Å². The summed E-state index contributed by atoms with van der Waals surface area (Å²) in [7, 11) is -4.88. The molecule has 0 aromatic heterocycles. The average Bonchev–Trinajstić information content (AvgIpc) is 1.44. The summed E-state index contributed by atoms with van der Waals surface area (Å²) in [6.45, 7) is 6.64. The van der Waals surface area contributed by atoms with Crippen LogP contribution in [0.15, 0.2) is 11.6 Å². The van der Waals surface area contributed by atoms with Crippen LogP contribution in [0.3, 0.4) is 0 Å². The van der Waals surface area contributed by atoms with Crippen molar-refractivity contribution >= 4 is 62.0 Å². The fraction of sp³-hybridized carbons (Fsp3) is 0.897. The Bertz CT molecular complexity index is 3160. The number of fused-ring (bicyclic) bond motifs is 5. The van der Waals surface area contributed by atoms with E-state index in [1.54, 1.807) is 0 Å². The zero-order valence-electron chi connectivity index (χ0n) is 67.5. The van der Waals surface area contributed by atoms with Gasteiger partial charge in [0.25, 0.3) is 0 Å². The van der Waals surface area contributed by atoms with Gasteiger partial charge in [-0.15, -0.1) is 0 Å². The predicted molar refractivity (Wildman–Crippen MR) is 419 cm³/mol. The maximum absolute atomic E-state index is 13.8. The number of unbranched alkanes of at least 4 members (excludes halogenated alkanes) is 7. The number of nitrogens with one attached hydrogen (secondary N) is 4. The van der Waals surface area contributed by atoms with Gasteiger partial charge in [-0.2, -0.15) is 0 Å². The van der Waals surface area contributed by atoms with Crippen LogP contribution in [-0.4, -0.2) is 276 Å². The quantitative estimate of drug-likeness (QED) is 0.0228. The summed E-state index contributed by atoms with van der Waals surface area (Å²) in [6.07, 6.45) is 4.06. The van der Waals surface area contributed by atoms with E-state index < -0.39 is 144 Å². The van der Waals surface area contributed by atoms with Crippen LogP contribution in [0, 0.1) is 46.3 Å². The molecule has 8 aliphatic rings. The minimum absolute atomic E-state index is 0.0154. The molecule has 0 radical (unpaired) electrons. The summed E-state index contributed by atoms with van der Waals surface area (Å²) in [5.41, 5.74) is 2.01. The SMILES string of the molecule is CC(C)CCCC(C)C1CC[C@@H]2[C@@H]3CC=C4CC(OC(=O)NCCCCCC(=O)N5C[C@H](OP(=O)(O)OC[C@@H]6C[C@@H](O)CN6C(=O)CCCCCNC(=O)[C@H](CCCCNC(=O)CCCCOC6OC(CO)C(O)C(O)C6O)NC(=O)CCCCOC6OC(CO)C(O)C(O)C6O)C[C@H]5COP(O)(O)=S)CC[C@]4(C)[C@@H]3CC[C@]12C. The molecule has 16 N–H and O–H groups in total. The normalized spacial score (nSPS) is 33.3. The standard InChI is InChI=1S/C78H136N6O27P2S/c1-48(2)19-18-20-49(3)57-28-29-58-56-27-26-50-39-54(30-32-77(50,4)59(56)31-33-78(57,58)5)108-76(99)81-36-14-7-9-25-66(91)84-43-55(41-52(84)47-107-113(102,103)114)111-112(100,101)106-46-51-40-53(87)42-83(51)65(90)24-8-6-13-35-80-73(98)60(82-64(89)23-12-17-38-105-75-72(97)70(95)68(93)62(45-86)110-75)21-10-15-34-79-63(88)22-11-16-37-104-74-71(96)69(94)67(92)61(44-85)109-74/h26,48-49,51-62,67-72,74-75,85-87,92-97H,6-25,27-47H2,1-5H3,(H,79,88)(H,80,98)(H,81,99)(H,82,89)(H,100,101)(H2,102,103,114)/t49?,51-,52-,53+,54?,55+,56-,57?,58+,59+,60-,61?,62?,67?,68?,69?,70?,71?,72?,74?,75?,77-,78+/m0/s1. The highest BCUT2D eigenvalue weighted by molar-refractivity contribution is 8.06. The second-order valence-electron chi connectivity index (χ2n) is 34.2. The van der Waals surface area contributed by atoms with Crippen molar-refractivity contribution in [2.45, 2.75) is 325 Å². The van der Waals surface area contributed by atoms with E-state index in [4.69, 9.17) is 37.3 Å². The van der Waals surface area contributed by atoms with Crippen LogP contribution < -0.4 is 21.3 Å². The number of hydrogen-bond acceptors (Lipinski definition) is 25. The number of allylic oxidation sites excluding steroid dienone is 1. The molecular formula is C78H136N6O27P2S. The Labute approximate surface area is 676 Å². The molecule has 24 atom stereocenters. The number of nitrogens with zero attached hydrogens (tertiary/aromatic N) is 2. The second-order valence-corrected chi connectivity index (χ2v) is 38.3. The van der Waals surface area contributed by atoms with Crippen LogP contribution >= 0.6 is 14.5 Å². The van der Waals surface area contributed by atoms with Gasteiger partial charge in [0.15, 0.2) is 12.6 Å². The molecule has 4 saturated heterocycles. The Hall–Kier alpha value is -3.52. The first-order valence-electron chi connectivity index (χ1n) is 42.1. The molecule has 33 nitrogen and oxygen atoms in total. The van der Waals surface area contributed by atoms with Gasteiger partial charge in [-0.05, 0) is 187 Å². The number of carbonyl (C=O) groups excluding carboxylic acids is 6. The predicted octanol–water partition coefficient (Wildman–Crippen LogP) is 4.40. The molecule has 8 rings (SSSR count). The lowest BCUT2D eigenvalue weighted by Gasteiger charge is -2.58. The van der Waals surface area contributed by atoms with E-state index in [1.165, 1.54) is 60.3 Å². The van der Waals surface area contributed by atoms with Gasteiger partial charge < -0.3 is 120 Å². The molecule has 114 heavy (non-hydrogen) atoms. The van der Waals surface area contributed by atoms with Crippen molar-refractivity contribution in [2.24, 2.45) is 46.3 Å². The number of ether oxygens (including phenoxy) is 5. The molecule has 0 bridgehead atoms. The minimum atomic E-state index is -4.88. The Morgan fingerprint density at radius 3 is 1.78 bits per heavy atom. The monoisotopic (exact) mass is 1680 g/mol. The maximum Gasteiger partial charge on any atom is 0.472 e. The fourth-order valence-corrected chi connectivity index (χ4v) is 20.7. The number of aliphatic hydroxyl groups excluding tert-OH is 9. The largest absolute Gasteiger partial charge is 0.472 e. The Morgan fingerprint density at radius 1 is 0.596 bits per heavy atom. The zero-order chi connectivity index (χ0) is 83.1. The van der Waals surface area contributed by atoms with E-state index in [0.717, 1.165) is 49.4 Å². The molecule has 4 heterocycles. The number of phosphoric ester groups is 1. The van der Waals surface area contributed by atoms with E-state index >= 15 is 0 Å². The second kappa shape index (κ2) is 45.9. The highest BCUT2D eigenvalue weighted by atomic mass is 32.5. The third-order valence-corrected chi connectivity index (χ3v) is 27.4. The number of likely N-dealkylation sites (tertiary alicyclic amines) is 2. The summed E-state index contributed by atoms with van der Waals surface area (Å²) < 4.78 is 57.5. The van der Waals surface area contributed by atoms with Crippen LogP contribution in [0.5, 0.6) is 0 Å². The van der Waals surface area contributed by atoms with Crippen LogP contribution in [0.2, 0.25) is 0 Å². The van der Waals surface area contributed by atoms with Crippen LogP contribution in [-0.2, 0) is 77.6 Å². The minimum Gasteiger partial charge on any atom is -0.446 e. The first-order chi connectivity index (χ1) is 54.1. The number of carbonyl (C=O) groups is 6. The Morgan fingerprint density at radius 2 is 1.17 bits per heavy atom. The molecule has 7 fully saturated rings. The third-order valence-electron chi connectivity index (χ3n) is 25.5. The molecule has 4 aliphatic heterocycles. The maximum atomic E-state index is 13.8. The molecule has 0 aromatic rings. The van der Waals surface area contributed by atoms with Crippen molar-refractivity contribution in [2.75, 3.05) is 72.4 Å². The average molecular weight is 1680 g/mol. The summed E-state index contributed by atoms with van der Waals surface area (Å²) in [5.74, 6) is 2.62. The highest BCUT2D eigenvalue weighted by Gasteiger charge is 2.60. The molecule has 36 heteroatoms. The lowest BCUT2D eigenvalue weighted by atomic mass is 9.47. The van der Waals surface area contributed by atoms with Crippen molar-refractivity contribution in [1.82, 2.24) is 31.1 Å². The van der Waals surface area contributed by atoms with Crippen LogP contribution in [0.25, 0.3) is 0 Å². The van der Waals surface area contributed by atoms with Gasteiger partial charge in [0.1, 0.15) is 61.0 Å². The molecule has 0 spiro atoms. The molecular weight excluding hydrogens is 1550 g/mol. The van der Waals surface area contributed by atoms with Crippen molar-refractivity contribution in [1.29, 1.82) is 0 Å².